The normalized spacial score (nSPS) is 16.0. The molecule has 3 nitrogen and oxygen atoms in total. The van der Waals surface area contributed by atoms with Crippen LogP contribution in [0.4, 0.5) is 0 Å². The molecule has 0 N–H and O–H groups in total. The molecule has 0 aliphatic heterocycles. The number of hydrogen-bond acceptors (Lipinski definition) is 3. The predicted molar refractivity (Wildman–Crippen MR) is 114 cm³/mol. The van der Waals surface area contributed by atoms with E-state index in [-0.39, 0.29) is 5.78 Å². The van der Waals surface area contributed by atoms with E-state index in [1.807, 2.05) is 24.3 Å². The van der Waals surface area contributed by atoms with Crippen LogP contribution in [0.2, 0.25) is 0 Å². The number of ketones is 1. The lowest BCUT2D eigenvalue weighted by atomic mass is 10.0. The predicted octanol–water partition coefficient (Wildman–Crippen LogP) is 4.35. The number of carbonyl (C=O) groups excluding carboxylic acids is 1. The van der Waals surface area contributed by atoms with Crippen LogP contribution in [-0.4, -0.2) is 19.5 Å². The standard InChI is InChI=1S/C23H25O3P/c1-16-9-7-12-19(17(2)24)23(16)27-21-14-8-13-20(25-3)22(21)26-15-18-10-5-4-6-11-18/h4-10,12-14,18,27H,11,15H2,1-3H3. The van der Waals surface area contributed by atoms with Crippen molar-refractivity contribution in [3.63, 3.8) is 0 Å². The molecular weight excluding hydrogens is 355 g/mol. The van der Waals surface area contributed by atoms with Gasteiger partial charge in [0.05, 0.1) is 13.7 Å². The number of benzene rings is 2. The fourth-order valence-electron chi connectivity index (χ4n) is 3.13. The number of carbonyl (C=O) groups is 1. The Morgan fingerprint density at radius 2 is 2.00 bits per heavy atom. The summed E-state index contributed by atoms with van der Waals surface area (Å²) >= 11 is 0. The van der Waals surface area contributed by atoms with Crippen LogP contribution in [0.5, 0.6) is 11.5 Å². The Labute approximate surface area is 162 Å². The van der Waals surface area contributed by atoms with Crippen LogP contribution in [0.3, 0.4) is 0 Å². The number of Topliss-reactive ketones (excluding diaryl/α,β-unsaturated/α-hetero) is 1. The first-order chi connectivity index (χ1) is 13.1. The highest BCUT2D eigenvalue weighted by atomic mass is 31.1. The fourth-order valence-corrected chi connectivity index (χ4v) is 4.56. The fraction of sp³-hybridized carbons (Fsp3) is 0.261. The minimum atomic E-state index is 0.0886. The zero-order chi connectivity index (χ0) is 19.2. The van der Waals surface area contributed by atoms with E-state index in [1.165, 1.54) is 0 Å². The molecule has 0 spiro atoms. The Morgan fingerprint density at radius 1 is 1.19 bits per heavy atom. The first-order valence-electron chi connectivity index (χ1n) is 9.11. The number of allylic oxidation sites excluding steroid dienone is 3. The van der Waals surface area contributed by atoms with Crippen LogP contribution in [0, 0.1) is 12.8 Å². The van der Waals surface area contributed by atoms with Crippen molar-refractivity contribution in [3.05, 3.63) is 71.8 Å². The van der Waals surface area contributed by atoms with Gasteiger partial charge in [0.25, 0.3) is 0 Å². The molecule has 0 heterocycles. The summed E-state index contributed by atoms with van der Waals surface area (Å²) in [7, 11) is 1.99. The largest absolute Gasteiger partial charge is 0.493 e. The number of rotatable bonds is 7. The third-order valence-electron chi connectivity index (χ3n) is 4.62. The molecule has 0 amide bonds. The highest BCUT2D eigenvalue weighted by Gasteiger charge is 2.17. The molecule has 1 aliphatic rings. The van der Waals surface area contributed by atoms with Crippen LogP contribution < -0.4 is 20.1 Å². The Balaban J connectivity index is 1.91. The van der Waals surface area contributed by atoms with Gasteiger partial charge in [-0.25, -0.2) is 0 Å². The summed E-state index contributed by atoms with van der Waals surface area (Å²) in [6.07, 6.45) is 9.44. The summed E-state index contributed by atoms with van der Waals surface area (Å²) in [4.78, 5) is 12.1. The monoisotopic (exact) mass is 380 g/mol. The average molecular weight is 380 g/mol. The number of aryl methyl sites for hydroxylation is 1. The summed E-state index contributed by atoms with van der Waals surface area (Å²) in [5, 5.41) is 2.13. The maximum atomic E-state index is 12.1. The van der Waals surface area contributed by atoms with E-state index in [0.717, 1.165) is 39.7 Å². The van der Waals surface area contributed by atoms with Gasteiger partial charge in [-0.15, -0.1) is 0 Å². The molecule has 2 unspecified atom stereocenters. The van der Waals surface area contributed by atoms with Crippen molar-refractivity contribution in [1.29, 1.82) is 0 Å². The van der Waals surface area contributed by atoms with Gasteiger partial charge < -0.3 is 9.47 Å². The SMILES string of the molecule is COc1cccc(Pc2c(C)cccc2C(C)=O)c1OCC1C=CC=CC1. The lowest BCUT2D eigenvalue weighted by molar-refractivity contribution is 0.101. The molecule has 0 fully saturated rings. The third kappa shape index (κ3) is 4.67. The van der Waals surface area contributed by atoms with Gasteiger partial charge in [-0.05, 0) is 37.2 Å². The molecule has 4 heteroatoms. The van der Waals surface area contributed by atoms with Gasteiger partial charge in [0.1, 0.15) is 0 Å². The van der Waals surface area contributed by atoms with Crippen molar-refractivity contribution < 1.29 is 14.3 Å². The quantitative estimate of drug-likeness (QED) is 0.529. The molecule has 1 aliphatic carbocycles. The average Bonchev–Trinajstić information content (AvgIpc) is 2.68. The van der Waals surface area contributed by atoms with Gasteiger partial charge in [-0.3, -0.25) is 4.79 Å². The van der Waals surface area contributed by atoms with Crippen LogP contribution in [0.15, 0.2) is 60.7 Å². The molecule has 0 aromatic heterocycles. The van der Waals surface area contributed by atoms with Gasteiger partial charge >= 0.3 is 0 Å². The number of methoxy groups -OCH3 is 1. The maximum absolute atomic E-state index is 12.1. The third-order valence-corrected chi connectivity index (χ3v) is 6.20. The highest BCUT2D eigenvalue weighted by molar-refractivity contribution is 7.56. The van der Waals surface area contributed by atoms with Crippen molar-refractivity contribution in [1.82, 2.24) is 0 Å². The first-order valence-corrected chi connectivity index (χ1v) is 10.1. The van der Waals surface area contributed by atoms with E-state index in [2.05, 4.69) is 43.4 Å². The Kier molecular flexibility index (Phi) is 6.47. The van der Waals surface area contributed by atoms with Crippen molar-refractivity contribution in [2.24, 2.45) is 5.92 Å². The van der Waals surface area contributed by atoms with Crippen LogP contribution >= 0.6 is 8.58 Å². The lowest BCUT2D eigenvalue weighted by Gasteiger charge is -2.19. The number of para-hydroxylation sites is 1. The van der Waals surface area contributed by atoms with Crippen LogP contribution in [0.1, 0.15) is 29.3 Å². The maximum Gasteiger partial charge on any atom is 0.168 e. The summed E-state index contributed by atoms with van der Waals surface area (Å²) < 4.78 is 11.8. The molecule has 0 bridgehead atoms. The second-order valence-corrected chi connectivity index (χ2v) is 7.92. The van der Waals surface area contributed by atoms with Gasteiger partial charge in [0.2, 0.25) is 0 Å². The van der Waals surface area contributed by atoms with Crippen molar-refractivity contribution in [3.8, 4) is 11.5 Å². The van der Waals surface area contributed by atoms with Crippen molar-refractivity contribution >= 4 is 25.0 Å². The minimum absolute atomic E-state index is 0.0886. The van der Waals surface area contributed by atoms with Gasteiger partial charge in [-0.1, -0.05) is 63.2 Å². The summed E-state index contributed by atoms with van der Waals surface area (Å²) in [6.45, 7) is 4.27. The number of hydrogen-bond donors (Lipinski definition) is 0. The molecule has 2 aromatic rings. The molecule has 0 saturated heterocycles. The molecule has 0 saturated carbocycles. The van der Waals surface area contributed by atoms with Gasteiger partial charge in [0.15, 0.2) is 17.3 Å². The van der Waals surface area contributed by atoms with E-state index < -0.39 is 0 Å². The van der Waals surface area contributed by atoms with E-state index in [1.54, 1.807) is 14.0 Å². The molecule has 140 valence electrons. The van der Waals surface area contributed by atoms with Gasteiger partial charge in [0, 0.05) is 16.8 Å². The van der Waals surface area contributed by atoms with Crippen LogP contribution in [0.25, 0.3) is 0 Å². The lowest BCUT2D eigenvalue weighted by Crippen LogP contribution is -2.18. The van der Waals surface area contributed by atoms with Crippen molar-refractivity contribution in [2.75, 3.05) is 13.7 Å². The van der Waals surface area contributed by atoms with Crippen LogP contribution in [-0.2, 0) is 0 Å². The summed E-state index contributed by atoms with van der Waals surface area (Å²) in [5.41, 5.74) is 1.90. The Hall–Kier alpha value is -2.38. The minimum Gasteiger partial charge on any atom is -0.493 e. The highest BCUT2D eigenvalue weighted by Crippen LogP contribution is 2.31. The smallest absolute Gasteiger partial charge is 0.168 e. The second kappa shape index (κ2) is 9.01. The molecular formula is C23H25O3P. The van der Waals surface area contributed by atoms with E-state index >= 15 is 0 Å². The van der Waals surface area contributed by atoms with E-state index in [9.17, 15) is 4.79 Å². The van der Waals surface area contributed by atoms with E-state index in [4.69, 9.17) is 9.47 Å². The van der Waals surface area contributed by atoms with Crippen molar-refractivity contribution in [2.45, 2.75) is 20.3 Å². The molecule has 2 atom stereocenters. The summed E-state index contributed by atoms with van der Waals surface area (Å²) in [6, 6.07) is 11.8. The topological polar surface area (TPSA) is 35.5 Å². The molecule has 2 aromatic carbocycles. The number of ether oxygens (including phenoxy) is 2. The van der Waals surface area contributed by atoms with Gasteiger partial charge in [-0.2, -0.15) is 0 Å². The Morgan fingerprint density at radius 3 is 2.70 bits per heavy atom. The summed E-state index contributed by atoms with van der Waals surface area (Å²) in [5.74, 6) is 1.96. The molecule has 3 rings (SSSR count). The Bertz CT molecular complexity index is 883. The molecule has 0 radical (unpaired) electrons. The molecule has 27 heavy (non-hydrogen) atoms. The van der Waals surface area contributed by atoms with E-state index in [0.29, 0.717) is 21.1 Å². The zero-order valence-corrected chi connectivity index (χ0v) is 17.0. The zero-order valence-electron chi connectivity index (χ0n) is 16.0. The first kappa shape index (κ1) is 19.4. The second-order valence-electron chi connectivity index (χ2n) is 6.64.